The largest absolute Gasteiger partial charge is 0.492 e. The van der Waals surface area contributed by atoms with Gasteiger partial charge in [0, 0.05) is 11.3 Å². The van der Waals surface area contributed by atoms with Gasteiger partial charge in [-0.05, 0) is 31.0 Å². The molecule has 4 nitrogen and oxygen atoms in total. The summed E-state index contributed by atoms with van der Waals surface area (Å²) < 4.78 is 20.5. The first-order valence-electron chi connectivity index (χ1n) is 7.28. The lowest BCUT2D eigenvalue weighted by Gasteiger charge is -2.10. The topological polar surface area (TPSA) is 52.6 Å². The number of hydrogen-bond donors (Lipinski definition) is 0. The smallest absolute Gasteiger partial charge is 0.214 e. The van der Waals surface area contributed by atoms with E-state index in [4.69, 9.17) is 55.3 Å². The molecule has 9 heteroatoms. The van der Waals surface area contributed by atoms with Crippen molar-refractivity contribution in [1.29, 1.82) is 0 Å². The van der Waals surface area contributed by atoms with Crippen LogP contribution in [0, 0.1) is 0 Å². The first kappa shape index (κ1) is 22.0. The molecule has 0 saturated heterocycles. The fraction of sp³-hybridized carbons (Fsp3) is 0.533. The second-order valence-corrected chi connectivity index (χ2v) is 9.13. The van der Waals surface area contributed by atoms with Crippen molar-refractivity contribution in [2.24, 2.45) is 0 Å². The van der Waals surface area contributed by atoms with Crippen molar-refractivity contribution < 1.29 is 17.9 Å². The number of unbranched alkanes of at least 4 members (excludes halogenated alkanes) is 3. The number of aldehydes is 1. The minimum Gasteiger partial charge on any atom is -0.492 e. The lowest BCUT2D eigenvalue weighted by molar-refractivity contribution is 0.112. The minimum absolute atomic E-state index is 0.193. The summed E-state index contributed by atoms with van der Waals surface area (Å²) in [4.78, 5) is 10.6. The zero-order chi connectivity index (χ0) is 18.0. The van der Waals surface area contributed by atoms with E-state index in [-0.39, 0.29) is 6.61 Å². The Morgan fingerprint density at radius 2 is 1.83 bits per heavy atom. The molecule has 1 atom stereocenters. The molecule has 1 aromatic carbocycles. The molecule has 0 aliphatic carbocycles. The second-order valence-electron chi connectivity index (χ2n) is 4.96. The van der Waals surface area contributed by atoms with Crippen LogP contribution >= 0.6 is 46.4 Å². The number of rotatable bonds is 11. The van der Waals surface area contributed by atoms with Crippen molar-refractivity contribution >= 4 is 63.8 Å². The van der Waals surface area contributed by atoms with E-state index in [1.807, 2.05) is 0 Å². The summed E-state index contributed by atoms with van der Waals surface area (Å²) in [7, 11) is 0. The van der Waals surface area contributed by atoms with Gasteiger partial charge in [0.1, 0.15) is 18.6 Å². The van der Waals surface area contributed by atoms with Crippen molar-refractivity contribution in [2.75, 3.05) is 19.0 Å². The summed E-state index contributed by atoms with van der Waals surface area (Å²) in [5.41, 5.74) is 0.511. The number of halogens is 4. The zero-order valence-electron chi connectivity index (χ0n) is 12.8. The molecule has 24 heavy (non-hydrogen) atoms. The standard InChI is InChI=1S/C15H18Cl4O4S/c16-13-9-12(10-20)5-6-14(13)22-7-3-1-2-4-8-24(21)23-11-15(17,18)19/h5-6,9-10H,1-4,7-8,11H2. The van der Waals surface area contributed by atoms with Crippen molar-refractivity contribution in [1.82, 2.24) is 0 Å². The van der Waals surface area contributed by atoms with Gasteiger partial charge >= 0.3 is 0 Å². The molecule has 0 amide bonds. The van der Waals surface area contributed by atoms with Crippen LogP contribution in [-0.4, -0.2) is 33.3 Å². The highest BCUT2D eigenvalue weighted by Crippen LogP contribution is 2.26. The summed E-state index contributed by atoms with van der Waals surface area (Å²) in [6.45, 7) is 0.328. The van der Waals surface area contributed by atoms with E-state index in [2.05, 4.69) is 0 Å². The molecule has 1 unspecified atom stereocenters. The highest BCUT2D eigenvalue weighted by Gasteiger charge is 2.21. The van der Waals surface area contributed by atoms with Gasteiger partial charge in [0.25, 0.3) is 0 Å². The molecule has 1 aromatic rings. The maximum atomic E-state index is 11.5. The van der Waals surface area contributed by atoms with Gasteiger partial charge in [0.05, 0.1) is 11.6 Å². The number of ether oxygens (including phenoxy) is 1. The quantitative estimate of drug-likeness (QED) is 0.274. The molecular weight excluding hydrogens is 418 g/mol. The molecule has 0 fully saturated rings. The van der Waals surface area contributed by atoms with Gasteiger partial charge in [0.15, 0.2) is 11.1 Å². The Morgan fingerprint density at radius 3 is 2.46 bits per heavy atom. The number of benzene rings is 1. The maximum Gasteiger partial charge on any atom is 0.214 e. The second kappa shape index (κ2) is 11.6. The van der Waals surface area contributed by atoms with E-state index in [0.29, 0.717) is 28.7 Å². The highest BCUT2D eigenvalue weighted by molar-refractivity contribution is 7.80. The van der Waals surface area contributed by atoms with E-state index in [0.717, 1.165) is 32.0 Å². The zero-order valence-corrected chi connectivity index (χ0v) is 16.7. The predicted octanol–water partition coefficient (Wildman–Crippen LogP) is 5.14. The van der Waals surface area contributed by atoms with E-state index in [9.17, 15) is 9.00 Å². The molecule has 0 spiro atoms. The average molecular weight is 436 g/mol. The molecule has 1 rings (SSSR count). The Hall–Kier alpha value is -0.0400. The summed E-state index contributed by atoms with van der Waals surface area (Å²) in [6.07, 6.45) is 4.14. The fourth-order valence-corrected chi connectivity index (χ4v) is 3.22. The Bertz CT molecular complexity index is 549. The number of hydrogen-bond acceptors (Lipinski definition) is 4. The van der Waals surface area contributed by atoms with Crippen LogP contribution in [0.25, 0.3) is 0 Å². The van der Waals surface area contributed by atoms with E-state index >= 15 is 0 Å². The van der Waals surface area contributed by atoms with Gasteiger partial charge in [-0.1, -0.05) is 59.2 Å². The molecule has 0 aromatic heterocycles. The lowest BCUT2D eigenvalue weighted by atomic mass is 10.2. The first-order valence-corrected chi connectivity index (χ1v) is 10.0. The van der Waals surface area contributed by atoms with Crippen molar-refractivity contribution in [2.45, 2.75) is 29.5 Å². The molecule has 0 bridgehead atoms. The number of alkyl halides is 3. The Kier molecular flexibility index (Phi) is 10.6. The predicted molar refractivity (Wildman–Crippen MR) is 100 cm³/mol. The van der Waals surface area contributed by atoms with Gasteiger partial charge in [-0.25, -0.2) is 4.21 Å². The highest BCUT2D eigenvalue weighted by atomic mass is 35.6. The van der Waals surface area contributed by atoms with Gasteiger partial charge in [-0.2, -0.15) is 0 Å². The SMILES string of the molecule is O=Cc1ccc(OCCCCCCS(=O)OCC(Cl)(Cl)Cl)c(Cl)c1. The molecule has 0 saturated carbocycles. The third-order valence-corrected chi connectivity index (χ3v) is 4.53. The third kappa shape index (κ3) is 10.1. The minimum atomic E-state index is -1.54. The Labute approximate surface area is 164 Å². The normalized spacial score (nSPS) is 12.8. The van der Waals surface area contributed by atoms with E-state index < -0.39 is 14.9 Å². The van der Waals surface area contributed by atoms with Crippen molar-refractivity contribution in [3.05, 3.63) is 28.8 Å². The molecule has 0 aliphatic heterocycles. The Balaban J connectivity index is 2.08. The third-order valence-electron chi connectivity index (χ3n) is 2.91. The molecule has 136 valence electrons. The average Bonchev–Trinajstić information content (AvgIpc) is 2.52. The summed E-state index contributed by atoms with van der Waals surface area (Å²) in [6, 6.07) is 4.90. The van der Waals surface area contributed by atoms with Crippen LogP contribution in [0.4, 0.5) is 0 Å². The van der Waals surface area contributed by atoms with Gasteiger partial charge < -0.3 is 4.74 Å². The molecule has 0 N–H and O–H groups in total. The van der Waals surface area contributed by atoms with Crippen LogP contribution in [0.1, 0.15) is 36.0 Å². The summed E-state index contributed by atoms with van der Waals surface area (Å²) >= 11 is 21.1. The fourth-order valence-electron chi connectivity index (χ4n) is 1.76. The molecular formula is C15H18Cl4O4S. The summed E-state index contributed by atoms with van der Waals surface area (Å²) in [5, 5.41) is 0.418. The van der Waals surface area contributed by atoms with E-state index in [1.54, 1.807) is 18.2 Å². The maximum absolute atomic E-state index is 11.5. The Morgan fingerprint density at radius 1 is 1.12 bits per heavy atom. The lowest BCUT2D eigenvalue weighted by Crippen LogP contribution is -2.15. The van der Waals surface area contributed by atoms with Crippen molar-refractivity contribution in [3.8, 4) is 5.75 Å². The van der Waals surface area contributed by atoms with Crippen LogP contribution in [0.5, 0.6) is 5.75 Å². The van der Waals surface area contributed by atoms with Gasteiger partial charge in [0.2, 0.25) is 3.79 Å². The van der Waals surface area contributed by atoms with Crippen LogP contribution in [-0.2, 0) is 15.3 Å². The number of carbonyl (C=O) groups excluding carboxylic acids is 1. The van der Waals surface area contributed by atoms with Crippen LogP contribution < -0.4 is 4.74 Å². The van der Waals surface area contributed by atoms with Crippen LogP contribution in [0.3, 0.4) is 0 Å². The van der Waals surface area contributed by atoms with Crippen molar-refractivity contribution in [3.63, 3.8) is 0 Å². The molecule has 0 heterocycles. The van der Waals surface area contributed by atoms with Gasteiger partial charge in [-0.15, -0.1) is 0 Å². The van der Waals surface area contributed by atoms with E-state index in [1.165, 1.54) is 0 Å². The van der Waals surface area contributed by atoms with Gasteiger partial charge in [-0.3, -0.25) is 8.98 Å². The number of carbonyl (C=O) groups is 1. The monoisotopic (exact) mass is 434 g/mol. The molecule has 0 radical (unpaired) electrons. The van der Waals surface area contributed by atoms with Crippen LogP contribution in [0.15, 0.2) is 18.2 Å². The first-order chi connectivity index (χ1) is 11.3. The summed E-state index contributed by atoms with van der Waals surface area (Å²) in [5.74, 6) is 0.962. The van der Waals surface area contributed by atoms with Crippen LogP contribution in [0.2, 0.25) is 5.02 Å². The molecule has 0 aliphatic rings.